The van der Waals surface area contributed by atoms with Gasteiger partial charge in [0.2, 0.25) is 0 Å². The molecule has 4 aromatic rings. The number of Topliss-reactive ketones (excluding diaryl/α,β-unsaturated/α-hetero) is 1. The monoisotopic (exact) mass is 360 g/mol. The van der Waals surface area contributed by atoms with Gasteiger partial charge in [-0.25, -0.2) is 4.79 Å². The summed E-state index contributed by atoms with van der Waals surface area (Å²) < 4.78 is 16.1. The molecule has 1 heterocycles. The number of carbonyl (C=O) groups excluding carboxylic acids is 1. The summed E-state index contributed by atoms with van der Waals surface area (Å²) in [4.78, 5) is 24.5. The van der Waals surface area contributed by atoms with Crippen LogP contribution >= 0.6 is 0 Å². The summed E-state index contributed by atoms with van der Waals surface area (Å²) in [6.45, 7) is -0.128. The molecule has 5 heteroatoms. The Kier molecular flexibility index (Phi) is 4.34. The van der Waals surface area contributed by atoms with Crippen LogP contribution in [0.15, 0.2) is 75.9 Å². The van der Waals surface area contributed by atoms with Crippen molar-refractivity contribution in [3.05, 3.63) is 82.7 Å². The standard InChI is InChI=1S/C22H16O5/c1-25-15-6-4-5-14(11-15)20(23)13-26-16-9-10-18-17-7-2-3-8-19(17)22(24)27-21(18)12-16/h2-12H,13H2,1H3. The molecule has 0 bridgehead atoms. The lowest BCUT2D eigenvalue weighted by Crippen LogP contribution is -2.11. The van der Waals surface area contributed by atoms with Gasteiger partial charge in [0.15, 0.2) is 12.4 Å². The van der Waals surface area contributed by atoms with Crippen LogP contribution in [-0.2, 0) is 0 Å². The lowest BCUT2D eigenvalue weighted by Gasteiger charge is -2.08. The first-order valence-electron chi connectivity index (χ1n) is 8.41. The third-order valence-corrected chi connectivity index (χ3v) is 4.35. The number of benzene rings is 3. The number of carbonyl (C=O) groups is 1. The van der Waals surface area contributed by atoms with Gasteiger partial charge < -0.3 is 13.9 Å². The van der Waals surface area contributed by atoms with Crippen molar-refractivity contribution in [2.24, 2.45) is 0 Å². The highest BCUT2D eigenvalue weighted by atomic mass is 16.5. The second-order valence-corrected chi connectivity index (χ2v) is 6.04. The molecule has 5 nitrogen and oxygen atoms in total. The zero-order valence-corrected chi connectivity index (χ0v) is 14.6. The van der Waals surface area contributed by atoms with Crippen molar-refractivity contribution in [3.63, 3.8) is 0 Å². The molecule has 0 atom stereocenters. The highest BCUT2D eigenvalue weighted by Crippen LogP contribution is 2.26. The molecule has 0 aliphatic carbocycles. The average molecular weight is 360 g/mol. The van der Waals surface area contributed by atoms with Crippen LogP contribution in [0.3, 0.4) is 0 Å². The maximum absolute atomic E-state index is 12.3. The number of fused-ring (bicyclic) bond motifs is 3. The van der Waals surface area contributed by atoms with Gasteiger partial charge in [0.25, 0.3) is 0 Å². The Morgan fingerprint density at radius 1 is 0.889 bits per heavy atom. The van der Waals surface area contributed by atoms with E-state index in [1.165, 1.54) is 0 Å². The number of hydrogen-bond acceptors (Lipinski definition) is 5. The van der Waals surface area contributed by atoms with E-state index in [1.54, 1.807) is 55.6 Å². The Hall–Kier alpha value is -3.60. The number of ketones is 1. The molecule has 4 rings (SSSR count). The minimum Gasteiger partial charge on any atom is -0.497 e. The number of methoxy groups -OCH3 is 1. The van der Waals surface area contributed by atoms with Gasteiger partial charge in [0.1, 0.15) is 17.1 Å². The van der Waals surface area contributed by atoms with E-state index in [1.807, 2.05) is 18.2 Å². The molecule has 0 amide bonds. The van der Waals surface area contributed by atoms with Crippen molar-refractivity contribution in [1.82, 2.24) is 0 Å². The second-order valence-electron chi connectivity index (χ2n) is 6.04. The maximum Gasteiger partial charge on any atom is 0.344 e. The zero-order valence-electron chi connectivity index (χ0n) is 14.6. The Labute approximate surface area is 154 Å². The first kappa shape index (κ1) is 16.8. The van der Waals surface area contributed by atoms with Gasteiger partial charge in [-0.3, -0.25) is 4.79 Å². The van der Waals surface area contributed by atoms with E-state index in [4.69, 9.17) is 13.9 Å². The molecule has 0 fully saturated rings. The van der Waals surface area contributed by atoms with E-state index in [9.17, 15) is 9.59 Å². The van der Waals surface area contributed by atoms with E-state index in [0.29, 0.717) is 28.0 Å². The molecule has 0 aliphatic heterocycles. The van der Waals surface area contributed by atoms with E-state index >= 15 is 0 Å². The molecule has 0 spiro atoms. The minimum absolute atomic E-state index is 0.128. The predicted molar refractivity (Wildman–Crippen MR) is 103 cm³/mol. The first-order chi connectivity index (χ1) is 13.2. The SMILES string of the molecule is COc1cccc(C(=O)COc2ccc3c(c2)oc(=O)c2ccccc23)c1. The predicted octanol–water partition coefficient (Wildman–Crippen LogP) is 4.22. The quantitative estimate of drug-likeness (QED) is 0.303. The van der Waals surface area contributed by atoms with Gasteiger partial charge in [-0.1, -0.05) is 30.3 Å². The fourth-order valence-electron chi connectivity index (χ4n) is 2.98. The molecule has 27 heavy (non-hydrogen) atoms. The van der Waals surface area contributed by atoms with Crippen molar-refractivity contribution < 1.29 is 18.7 Å². The first-order valence-corrected chi connectivity index (χ1v) is 8.41. The summed E-state index contributed by atoms with van der Waals surface area (Å²) in [5.41, 5.74) is 0.528. The molecule has 134 valence electrons. The largest absolute Gasteiger partial charge is 0.497 e. The van der Waals surface area contributed by atoms with Gasteiger partial charge >= 0.3 is 5.63 Å². The average Bonchev–Trinajstić information content (AvgIpc) is 2.72. The van der Waals surface area contributed by atoms with Crippen molar-refractivity contribution in [3.8, 4) is 11.5 Å². The molecule has 0 aliphatic rings. The molecule has 1 aromatic heterocycles. The van der Waals surface area contributed by atoms with E-state index in [2.05, 4.69) is 0 Å². The lowest BCUT2D eigenvalue weighted by atomic mass is 10.1. The number of rotatable bonds is 5. The van der Waals surface area contributed by atoms with Gasteiger partial charge in [0.05, 0.1) is 12.5 Å². The Morgan fingerprint density at radius 2 is 1.70 bits per heavy atom. The van der Waals surface area contributed by atoms with E-state index in [-0.39, 0.29) is 12.4 Å². The highest BCUT2D eigenvalue weighted by molar-refractivity contribution is 6.04. The molecule has 0 saturated heterocycles. The van der Waals surface area contributed by atoms with Crippen LogP contribution in [0, 0.1) is 0 Å². The molecule has 0 saturated carbocycles. The summed E-state index contributed by atoms with van der Waals surface area (Å²) >= 11 is 0. The minimum atomic E-state index is -0.400. The summed E-state index contributed by atoms with van der Waals surface area (Å²) in [5, 5.41) is 2.17. The third-order valence-electron chi connectivity index (χ3n) is 4.35. The fourth-order valence-corrected chi connectivity index (χ4v) is 2.98. The summed E-state index contributed by atoms with van der Waals surface area (Å²) in [5.74, 6) is 0.895. The topological polar surface area (TPSA) is 65.7 Å². The molecule has 3 aromatic carbocycles. The Bertz CT molecular complexity index is 1210. The van der Waals surface area contributed by atoms with E-state index in [0.717, 1.165) is 10.8 Å². The number of hydrogen-bond donors (Lipinski definition) is 0. The normalized spacial score (nSPS) is 10.9. The summed E-state index contributed by atoms with van der Waals surface area (Å²) in [6.07, 6.45) is 0. The van der Waals surface area contributed by atoms with Gasteiger partial charge in [-0.2, -0.15) is 0 Å². The van der Waals surface area contributed by atoms with Crippen molar-refractivity contribution in [2.75, 3.05) is 13.7 Å². The lowest BCUT2D eigenvalue weighted by molar-refractivity contribution is 0.0921. The van der Waals surface area contributed by atoms with Crippen LogP contribution in [0.1, 0.15) is 10.4 Å². The fraction of sp³-hybridized carbons (Fsp3) is 0.0909. The van der Waals surface area contributed by atoms with E-state index < -0.39 is 5.63 Å². The third kappa shape index (κ3) is 3.27. The van der Waals surface area contributed by atoms with Gasteiger partial charge in [-0.15, -0.1) is 0 Å². The Balaban J connectivity index is 1.60. The molecule has 0 radical (unpaired) electrons. The van der Waals surface area contributed by atoms with Gasteiger partial charge in [0, 0.05) is 17.0 Å². The summed E-state index contributed by atoms with van der Waals surface area (Å²) in [6, 6.07) is 19.4. The van der Waals surface area contributed by atoms with Crippen molar-refractivity contribution in [1.29, 1.82) is 0 Å². The second kappa shape index (κ2) is 6.96. The number of ether oxygens (including phenoxy) is 2. The summed E-state index contributed by atoms with van der Waals surface area (Å²) in [7, 11) is 1.55. The zero-order chi connectivity index (χ0) is 18.8. The molecule has 0 N–H and O–H groups in total. The molecular formula is C22H16O5. The molecule has 0 unspecified atom stereocenters. The van der Waals surface area contributed by atoms with Crippen LogP contribution in [0.2, 0.25) is 0 Å². The van der Waals surface area contributed by atoms with Crippen molar-refractivity contribution in [2.45, 2.75) is 0 Å². The maximum atomic E-state index is 12.3. The highest BCUT2D eigenvalue weighted by Gasteiger charge is 2.11. The van der Waals surface area contributed by atoms with Crippen LogP contribution in [0.5, 0.6) is 11.5 Å². The van der Waals surface area contributed by atoms with Crippen LogP contribution < -0.4 is 15.1 Å². The van der Waals surface area contributed by atoms with Crippen LogP contribution in [-0.4, -0.2) is 19.5 Å². The van der Waals surface area contributed by atoms with Crippen molar-refractivity contribution >= 4 is 27.5 Å². The smallest absolute Gasteiger partial charge is 0.344 e. The van der Waals surface area contributed by atoms with Gasteiger partial charge in [-0.05, 0) is 35.7 Å². The Morgan fingerprint density at radius 3 is 2.52 bits per heavy atom. The molecular weight excluding hydrogens is 344 g/mol. The van der Waals surface area contributed by atoms with Crippen LogP contribution in [0.25, 0.3) is 21.7 Å². The van der Waals surface area contributed by atoms with Crippen LogP contribution in [0.4, 0.5) is 0 Å².